The van der Waals surface area contributed by atoms with Gasteiger partial charge in [-0.15, -0.1) is 24.0 Å². The van der Waals surface area contributed by atoms with Gasteiger partial charge in [-0.1, -0.05) is 30.3 Å². The van der Waals surface area contributed by atoms with E-state index in [2.05, 4.69) is 64.1 Å². The Morgan fingerprint density at radius 1 is 1.14 bits per heavy atom. The van der Waals surface area contributed by atoms with Gasteiger partial charge in [0.25, 0.3) is 0 Å². The van der Waals surface area contributed by atoms with Gasteiger partial charge in [0, 0.05) is 39.3 Å². The number of hydrogen-bond acceptors (Lipinski definition) is 4. The zero-order valence-electron chi connectivity index (χ0n) is 17.9. The van der Waals surface area contributed by atoms with Gasteiger partial charge < -0.3 is 20.7 Å². The molecule has 28 heavy (non-hydrogen) atoms. The molecule has 3 N–H and O–H groups in total. The number of carbonyl (C=O) groups is 1. The molecule has 0 aromatic heterocycles. The number of ether oxygens (including phenoxy) is 1. The number of aliphatic imine (C=N–C) groups is 1. The molecule has 1 aromatic rings. The van der Waals surface area contributed by atoms with Crippen LogP contribution in [0.3, 0.4) is 0 Å². The standard InChI is InChI=1S/C20H35N5O2.HI/c1-16(25(6)15-17-10-8-7-9-11-17)14-24-18(21-5)22-12-13-23-19(26)27-20(2,3)4;/h7-11,16H,12-15H2,1-6H3,(H,23,26)(H2,21,22,24);1H. The highest BCUT2D eigenvalue weighted by Gasteiger charge is 2.15. The summed E-state index contributed by atoms with van der Waals surface area (Å²) in [5, 5.41) is 9.21. The van der Waals surface area contributed by atoms with Gasteiger partial charge in [0.1, 0.15) is 5.60 Å². The second kappa shape index (κ2) is 13.6. The SMILES string of the molecule is CN=C(NCCNC(=O)OC(C)(C)C)NCC(C)N(C)Cc1ccccc1.I. The minimum Gasteiger partial charge on any atom is -0.444 e. The number of guanidine groups is 1. The lowest BCUT2D eigenvalue weighted by Gasteiger charge is -2.26. The lowest BCUT2D eigenvalue weighted by atomic mass is 10.2. The van der Waals surface area contributed by atoms with Crippen molar-refractivity contribution in [1.82, 2.24) is 20.9 Å². The van der Waals surface area contributed by atoms with E-state index in [1.165, 1.54) is 5.56 Å². The lowest BCUT2D eigenvalue weighted by molar-refractivity contribution is 0.0529. The molecule has 0 aliphatic heterocycles. The highest BCUT2D eigenvalue weighted by atomic mass is 127. The zero-order valence-corrected chi connectivity index (χ0v) is 20.2. The average Bonchev–Trinajstić information content (AvgIpc) is 2.60. The molecule has 1 rings (SSSR count). The van der Waals surface area contributed by atoms with Gasteiger partial charge in [0.05, 0.1) is 0 Å². The van der Waals surface area contributed by atoms with Crippen molar-refractivity contribution < 1.29 is 9.53 Å². The number of likely N-dealkylation sites (N-methyl/N-ethyl adjacent to an activating group) is 1. The van der Waals surface area contributed by atoms with E-state index < -0.39 is 11.7 Å². The summed E-state index contributed by atoms with van der Waals surface area (Å²) in [7, 11) is 3.84. The van der Waals surface area contributed by atoms with Crippen molar-refractivity contribution in [1.29, 1.82) is 0 Å². The fraction of sp³-hybridized carbons (Fsp3) is 0.600. The molecule has 0 bridgehead atoms. The summed E-state index contributed by atoms with van der Waals surface area (Å²) < 4.78 is 5.20. The van der Waals surface area contributed by atoms with E-state index in [4.69, 9.17) is 4.74 Å². The van der Waals surface area contributed by atoms with E-state index in [0.29, 0.717) is 25.1 Å². The first-order valence-electron chi connectivity index (χ1n) is 9.37. The van der Waals surface area contributed by atoms with Crippen molar-refractivity contribution in [3.8, 4) is 0 Å². The molecule has 0 saturated carbocycles. The van der Waals surface area contributed by atoms with E-state index in [-0.39, 0.29) is 24.0 Å². The molecule has 0 heterocycles. The molecule has 0 radical (unpaired) electrons. The molecule has 0 saturated heterocycles. The van der Waals surface area contributed by atoms with E-state index >= 15 is 0 Å². The van der Waals surface area contributed by atoms with Crippen molar-refractivity contribution in [2.24, 2.45) is 4.99 Å². The van der Waals surface area contributed by atoms with E-state index in [1.807, 2.05) is 26.8 Å². The van der Waals surface area contributed by atoms with Crippen LogP contribution in [0.2, 0.25) is 0 Å². The number of alkyl carbamates (subject to hydrolysis) is 1. The molecule has 7 nitrogen and oxygen atoms in total. The van der Waals surface area contributed by atoms with Crippen LogP contribution < -0.4 is 16.0 Å². The molecule has 1 unspecified atom stereocenters. The maximum absolute atomic E-state index is 11.6. The van der Waals surface area contributed by atoms with Crippen LogP contribution in [0.4, 0.5) is 4.79 Å². The predicted molar refractivity (Wildman–Crippen MR) is 126 cm³/mol. The van der Waals surface area contributed by atoms with Crippen LogP contribution in [-0.4, -0.2) is 62.3 Å². The number of nitrogens with one attached hydrogen (secondary N) is 3. The molecule has 0 aliphatic rings. The van der Waals surface area contributed by atoms with Crippen LogP contribution in [0, 0.1) is 0 Å². The number of halogens is 1. The van der Waals surface area contributed by atoms with Gasteiger partial charge in [-0.3, -0.25) is 9.89 Å². The average molecular weight is 505 g/mol. The Balaban J connectivity index is 0.00000729. The van der Waals surface area contributed by atoms with Crippen molar-refractivity contribution in [3.63, 3.8) is 0 Å². The quantitative estimate of drug-likeness (QED) is 0.219. The van der Waals surface area contributed by atoms with Gasteiger partial charge >= 0.3 is 6.09 Å². The number of benzene rings is 1. The van der Waals surface area contributed by atoms with Crippen molar-refractivity contribution in [2.75, 3.05) is 33.7 Å². The summed E-state index contributed by atoms with van der Waals surface area (Å²) in [4.78, 5) is 18.1. The minimum absolute atomic E-state index is 0. The second-order valence-corrected chi connectivity index (χ2v) is 7.56. The van der Waals surface area contributed by atoms with Gasteiger partial charge in [0.15, 0.2) is 5.96 Å². The maximum atomic E-state index is 11.6. The fourth-order valence-electron chi connectivity index (χ4n) is 2.31. The number of hydrogen-bond donors (Lipinski definition) is 3. The van der Waals surface area contributed by atoms with Crippen LogP contribution in [0.1, 0.15) is 33.3 Å². The molecule has 1 amide bonds. The number of nitrogens with zero attached hydrogens (tertiary/aromatic N) is 2. The van der Waals surface area contributed by atoms with Crippen LogP contribution in [-0.2, 0) is 11.3 Å². The first-order chi connectivity index (χ1) is 12.7. The Morgan fingerprint density at radius 3 is 2.32 bits per heavy atom. The van der Waals surface area contributed by atoms with Crippen molar-refractivity contribution in [3.05, 3.63) is 35.9 Å². The first kappa shape index (κ1) is 26.4. The summed E-state index contributed by atoms with van der Waals surface area (Å²) in [5.74, 6) is 0.709. The topological polar surface area (TPSA) is 78.0 Å². The van der Waals surface area contributed by atoms with Crippen molar-refractivity contribution in [2.45, 2.75) is 45.9 Å². The monoisotopic (exact) mass is 505 g/mol. The van der Waals surface area contributed by atoms with Gasteiger partial charge in [-0.25, -0.2) is 4.79 Å². The summed E-state index contributed by atoms with van der Waals surface area (Å²) in [6, 6.07) is 10.8. The van der Waals surface area contributed by atoms with Crippen LogP contribution in [0.5, 0.6) is 0 Å². The highest BCUT2D eigenvalue weighted by molar-refractivity contribution is 14.0. The summed E-state index contributed by atoms with van der Waals surface area (Å²) in [6.45, 7) is 10.4. The lowest BCUT2D eigenvalue weighted by Crippen LogP contribution is -2.46. The van der Waals surface area contributed by atoms with Crippen LogP contribution in [0.15, 0.2) is 35.3 Å². The predicted octanol–water partition coefficient (Wildman–Crippen LogP) is 2.81. The molecular weight excluding hydrogens is 469 g/mol. The summed E-state index contributed by atoms with van der Waals surface area (Å²) in [5.41, 5.74) is 0.805. The van der Waals surface area contributed by atoms with E-state index in [9.17, 15) is 4.79 Å². The smallest absolute Gasteiger partial charge is 0.407 e. The fourth-order valence-corrected chi connectivity index (χ4v) is 2.31. The largest absolute Gasteiger partial charge is 0.444 e. The first-order valence-corrected chi connectivity index (χ1v) is 9.37. The van der Waals surface area contributed by atoms with Gasteiger partial charge in [0.2, 0.25) is 0 Å². The number of amides is 1. The number of rotatable bonds is 8. The molecule has 0 fully saturated rings. The Kier molecular flexibility index (Phi) is 12.8. The molecule has 1 atom stereocenters. The van der Waals surface area contributed by atoms with Gasteiger partial charge in [-0.05, 0) is 40.3 Å². The van der Waals surface area contributed by atoms with Crippen LogP contribution >= 0.6 is 24.0 Å². The second-order valence-electron chi connectivity index (χ2n) is 7.56. The Hall–Kier alpha value is -1.55. The summed E-state index contributed by atoms with van der Waals surface area (Å²) >= 11 is 0. The summed E-state index contributed by atoms with van der Waals surface area (Å²) in [6.07, 6.45) is -0.414. The molecule has 0 aliphatic carbocycles. The van der Waals surface area contributed by atoms with Crippen LogP contribution in [0.25, 0.3) is 0 Å². The Morgan fingerprint density at radius 2 is 1.75 bits per heavy atom. The molecule has 0 spiro atoms. The molecule has 8 heteroatoms. The Labute approximate surface area is 186 Å². The third kappa shape index (κ3) is 12.0. The van der Waals surface area contributed by atoms with Gasteiger partial charge in [-0.2, -0.15) is 0 Å². The third-order valence-electron chi connectivity index (χ3n) is 3.90. The molecular formula is C20H36IN5O2. The minimum atomic E-state index is -0.489. The zero-order chi connectivity index (χ0) is 20.3. The number of carbonyl (C=O) groups excluding carboxylic acids is 1. The van der Waals surface area contributed by atoms with E-state index in [1.54, 1.807) is 7.05 Å². The highest BCUT2D eigenvalue weighted by Crippen LogP contribution is 2.06. The third-order valence-corrected chi connectivity index (χ3v) is 3.90. The molecule has 1 aromatic carbocycles. The van der Waals surface area contributed by atoms with Crippen molar-refractivity contribution >= 4 is 36.0 Å². The van der Waals surface area contributed by atoms with E-state index in [0.717, 1.165) is 13.1 Å². The normalized spacial score (nSPS) is 12.8. The maximum Gasteiger partial charge on any atom is 0.407 e. The molecule has 160 valence electrons. The Bertz CT molecular complexity index is 590.